The van der Waals surface area contributed by atoms with Gasteiger partial charge in [0.05, 0.1) is 0 Å². The van der Waals surface area contributed by atoms with E-state index in [-0.39, 0.29) is 0 Å². The summed E-state index contributed by atoms with van der Waals surface area (Å²) in [5.41, 5.74) is 0.977. The van der Waals surface area contributed by atoms with Crippen LogP contribution in [-0.2, 0) is 13.3 Å². The second kappa shape index (κ2) is 8.11. The molecule has 0 amide bonds. The van der Waals surface area contributed by atoms with Gasteiger partial charge in [0.25, 0.3) is 0 Å². The molecule has 1 aromatic rings. The first-order valence-electron chi connectivity index (χ1n) is 6.53. The third-order valence-electron chi connectivity index (χ3n) is 2.30. The summed E-state index contributed by atoms with van der Waals surface area (Å²) in [6.45, 7) is 10.9. The van der Waals surface area contributed by atoms with E-state index in [1.165, 1.54) is 0 Å². The van der Waals surface area contributed by atoms with Crippen molar-refractivity contribution in [3.05, 3.63) is 36.4 Å². The third-order valence-corrected chi connectivity index (χ3v) is 4.71. The SMILES string of the molecule is C=Cc1cccc(O[Si](OCC)(OCC)OCC)c1. The second-order valence-corrected chi connectivity index (χ2v) is 5.75. The Kier molecular flexibility index (Phi) is 6.79. The van der Waals surface area contributed by atoms with Crippen LogP contribution in [0, 0.1) is 0 Å². The Hall–Kier alpha value is -1.14. The van der Waals surface area contributed by atoms with E-state index in [1.807, 2.05) is 45.0 Å². The quantitative estimate of drug-likeness (QED) is 0.652. The van der Waals surface area contributed by atoms with Gasteiger partial charge in [-0.15, -0.1) is 0 Å². The molecule has 1 aromatic carbocycles. The van der Waals surface area contributed by atoms with Gasteiger partial charge in [-0.3, -0.25) is 0 Å². The molecule has 0 aromatic heterocycles. The zero-order chi connectivity index (χ0) is 14.1. The molecule has 0 atom stereocenters. The van der Waals surface area contributed by atoms with Crippen molar-refractivity contribution in [1.29, 1.82) is 0 Å². The molecule has 0 saturated heterocycles. The Morgan fingerprint density at radius 2 is 1.63 bits per heavy atom. The van der Waals surface area contributed by atoms with Crippen LogP contribution < -0.4 is 4.43 Å². The highest BCUT2D eigenvalue weighted by molar-refractivity contribution is 6.54. The summed E-state index contributed by atoms with van der Waals surface area (Å²) in [4.78, 5) is 0. The molecule has 1 rings (SSSR count). The molecule has 0 aliphatic rings. The van der Waals surface area contributed by atoms with E-state index in [1.54, 1.807) is 6.08 Å². The molecule has 0 unspecified atom stereocenters. The predicted molar refractivity (Wildman–Crippen MR) is 77.8 cm³/mol. The summed E-state index contributed by atoms with van der Waals surface area (Å²) >= 11 is 0. The van der Waals surface area contributed by atoms with Crippen molar-refractivity contribution in [2.24, 2.45) is 0 Å². The fourth-order valence-corrected chi connectivity index (χ4v) is 3.50. The minimum atomic E-state index is -3.11. The average molecular weight is 282 g/mol. The minimum absolute atomic E-state index is 0.480. The lowest BCUT2D eigenvalue weighted by Crippen LogP contribution is -2.52. The van der Waals surface area contributed by atoms with Crippen LogP contribution in [0.3, 0.4) is 0 Å². The largest absolute Gasteiger partial charge is 0.749 e. The van der Waals surface area contributed by atoms with Crippen molar-refractivity contribution >= 4 is 15.1 Å². The number of rotatable bonds is 9. The number of hydrogen-bond donors (Lipinski definition) is 0. The molecule has 0 aliphatic heterocycles. The lowest BCUT2D eigenvalue weighted by Gasteiger charge is -2.27. The first kappa shape index (κ1) is 15.9. The first-order valence-corrected chi connectivity index (χ1v) is 8.16. The van der Waals surface area contributed by atoms with Gasteiger partial charge in [0, 0.05) is 19.8 Å². The topological polar surface area (TPSA) is 36.9 Å². The standard InChI is InChI=1S/C14H22O4Si/c1-5-13-10-9-11-14(12-13)18-19(15-6-2,16-7-3)17-8-4/h5,9-12H,1,6-8H2,2-4H3. The van der Waals surface area contributed by atoms with Crippen LogP contribution in [0.4, 0.5) is 0 Å². The maximum Gasteiger partial charge on any atom is 0.749 e. The molecule has 0 spiro atoms. The highest BCUT2D eigenvalue weighted by Gasteiger charge is 2.47. The van der Waals surface area contributed by atoms with Crippen molar-refractivity contribution in [2.75, 3.05) is 19.8 Å². The van der Waals surface area contributed by atoms with Gasteiger partial charge in [0.2, 0.25) is 0 Å². The predicted octanol–water partition coefficient (Wildman–Crippen LogP) is 3.25. The van der Waals surface area contributed by atoms with Crippen molar-refractivity contribution < 1.29 is 17.7 Å². The van der Waals surface area contributed by atoms with E-state index in [0.29, 0.717) is 25.6 Å². The van der Waals surface area contributed by atoms with Gasteiger partial charge in [-0.05, 0) is 38.5 Å². The fourth-order valence-electron chi connectivity index (χ4n) is 1.59. The van der Waals surface area contributed by atoms with Crippen LogP contribution >= 0.6 is 0 Å². The average Bonchev–Trinajstić information content (AvgIpc) is 2.40. The van der Waals surface area contributed by atoms with Gasteiger partial charge >= 0.3 is 9.05 Å². The van der Waals surface area contributed by atoms with Gasteiger partial charge in [-0.25, -0.2) is 0 Å². The van der Waals surface area contributed by atoms with Gasteiger partial charge in [-0.2, -0.15) is 0 Å². The van der Waals surface area contributed by atoms with Gasteiger partial charge in [0.1, 0.15) is 5.75 Å². The van der Waals surface area contributed by atoms with Crippen LogP contribution in [0.2, 0.25) is 0 Å². The zero-order valence-corrected chi connectivity index (χ0v) is 12.8. The van der Waals surface area contributed by atoms with Crippen molar-refractivity contribution in [3.63, 3.8) is 0 Å². The highest BCUT2D eigenvalue weighted by Crippen LogP contribution is 2.21. The summed E-state index contributed by atoms with van der Waals surface area (Å²) in [5, 5.41) is 0. The summed E-state index contributed by atoms with van der Waals surface area (Å²) < 4.78 is 22.8. The Morgan fingerprint density at radius 1 is 1.05 bits per heavy atom. The molecule has 0 heterocycles. The van der Waals surface area contributed by atoms with Gasteiger partial charge < -0.3 is 17.7 Å². The number of hydrogen-bond acceptors (Lipinski definition) is 4. The first-order chi connectivity index (χ1) is 9.19. The third kappa shape index (κ3) is 4.79. The van der Waals surface area contributed by atoms with E-state index < -0.39 is 9.05 Å². The highest BCUT2D eigenvalue weighted by atomic mass is 28.4. The summed E-state index contributed by atoms with van der Waals surface area (Å²) in [6, 6.07) is 7.58. The second-order valence-electron chi connectivity index (χ2n) is 3.68. The molecule has 0 aliphatic carbocycles. The molecule has 0 bridgehead atoms. The van der Waals surface area contributed by atoms with Crippen LogP contribution in [0.5, 0.6) is 5.75 Å². The van der Waals surface area contributed by atoms with Gasteiger partial charge in [0.15, 0.2) is 0 Å². The van der Waals surface area contributed by atoms with Crippen LogP contribution in [-0.4, -0.2) is 28.9 Å². The summed E-state index contributed by atoms with van der Waals surface area (Å²) in [5.74, 6) is 0.666. The Bertz CT molecular complexity index is 378. The van der Waals surface area contributed by atoms with E-state index in [2.05, 4.69) is 6.58 Å². The summed E-state index contributed by atoms with van der Waals surface area (Å²) in [7, 11) is -3.11. The van der Waals surface area contributed by atoms with Crippen molar-refractivity contribution in [1.82, 2.24) is 0 Å². The van der Waals surface area contributed by atoms with E-state index in [4.69, 9.17) is 17.7 Å². The monoisotopic (exact) mass is 282 g/mol. The van der Waals surface area contributed by atoms with Crippen LogP contribution in [0.1, 0.15) is 26.3 Å². The molecule has 0 fully saturated rings. The van der Waals surface area contributed by atoms with Crippen molar-refractivity contribution in [3.8, 4) is 5.75 Å². The molecule has 5 heteroatoms. The van der Waals surface area contributed by atoms with Crippen LogP contribution in [0.15, 0.2) is 30.8 Å². The molecule has 0 radical (unpaired) electrons. The van der Waals surface area contributed by atoms with Crippen molar-refractivity contribution in [2.45, 2.75) is 20.8 Å². The molecule has 0 saturated carbocycles. The normalized spacial score (nSPS) is 11.3. The molecule has 0 N–H and O–H groups in total. The number of benzene rings is 1. The fraction of sp³-hybridized carbons (Fsp3) is 0.429. The smallest absolute Gasteiger partial charge is 0.480 e. The molecule has 106 valence electrons. The molecule has 4 nitrogen and oxygen atoms in total. The minimum Gasteiger partial charge on any atom is -0.480 e. The van der Waals surface area contributed by atoms with E-state index >= 15 is 0 Å². The Balaban J connectivity index is 2.93. The lowest BCUT2D eigenvalue weighted by atomic mass is 10.2. The molecular weight excluding hydrogens is 260 g/mol. The lowest BCUT2D eigenvalue weighted by molar-refractivity contribution is 0.00970. The Labute approximate surface area is 116 Å². The van der Waals surface area contributed by atoms with Crippen LogP contribution in [0.25, 0.3) is 6.08 Å². The maximum absolute atomic E-state index is 5.89. The molecular formula is C14H22O4Si. The van der Waals surface area contributed by atoms with E-state index in [9.17, 15) is 0 Å². The Morgan fingerprint density at radius 3 is 2.11 bits per heavy atom. The zero-order valence-electron chi connectivity index (χ0n) is 11.8. The maximum atomic E-state index is 5.89. The molecule has 19 heavy (non-hydrogen) atoms. The summed E-state index contributed by atoms with van der Waals surface area (Å²) in [6.07, 6.45) is 1.76. The van der Waals surface area contributed by atoms with E-state index in [0.717, 1.165) is 5.56 Å². The van der Waals surface area contributed by atoms with Gasteiger partial charge in [-0.1, -0.05) is 24.8 Å².